The largest absolute Gasteiger partial charge is 0.380 e. The molecule has 2 rings (SSSR count). The first-order valence-corrected chi connectivity index (χ1v) is 8.01. The summed E-state index contributed by atoms with van der Waals surface area (Å²) in [7, 11) is 0. The summed E-state index contributed by atoms with van der Waals surface area (Å²) in [5.74, 6) is 1.43. The second kappa shape index (κ2) is 7.87. The van der Waals surface area contributed by atoms with Gasteiger partial charge in [0.05, 0.1) is 12.6 Å². The Kier molecular flexibility index (Phi) is 6.14. The lowest BCUT2D eigenvalue weighted by Gasteiger charge is -2.42. The number of aryl methyl sites for hydroxylation is 1. The molecule has 0 radical (unpaired) electrons. The molecular weight excluding hydrogens is 268 g/mol. The fraction of sp³-hybridized carbons (Fsp3) is 0.867. The van der Waals surface area contributed by atoms with Gasteiger partial charge in [0, 0.05) is 38.8 Å². The van der Waals surface area contributed by atoms with E-state index in [1.54, 1.807) is 0 Å². The number of aromatic nitrogens is 2. The Hall–Kier alpha value is -0.980. The zero-order valence-electron chi connectivity index (χ0n) is 13.7. The Morgan fingerprint density at radius 3 is 2.81 bits per heavy atom. The Morgan fingerprint density at radius 1 is 1.38 bits per heavy atom. The molecule has 120 valence electrons. The highest BCUT2D eigenvalue weighted by atomic mass is 16.5. The maximum atomic E-state index is 5.49. The van der Waals surface area contributed by atoms with Crippen molar-refractivity contribution in [2.45, 2.75) is 46.2 Å². The van der Waals surface area contributed by atoms with Crippen LogP contribution in [0, 0.1) is 6.92 Å². The summed E-state index contributed by atoms with van der Waals surface area (Å²) in [4.78, 5) is 9.35. The third-order valence-electron chi connectivity index (χ3n) is 4.28. The minimum absolute atomic E-state index is 0.189. The number of piperazine rings is 1. The van der Waals surface area contributed by atoms with E-state index in [1.165, 1.54) is 0 Å². The lowest BCUT2D eigenvalue weighted by molar-refractivity contribution is 0.0214. The molecule has 1 aliphatic rings. The lowest BCUT2D eigenvalue weighted by Crippen LogP contribution is -2.54. The quantitative estimate of drug-likeness (QED) is 0.716. The molecule has 6 heteroatoms. The van der Waals surface area contributed by atoms with E-state index in [4.69, 9.17) is 9.26 Å². The maximum Gasteiger partial charge on any atom is 0.243 e. The first-order valence-electron chi connectivity index (χ1n) is 8.01. The Bertz CT molecular complexity index is 424. The van der Waals surface area contributed by atoms with Crippen molar-refractivity contribution in [1.29, 1.82) is 0 Å². The Balaban J connectivity index is 1.90. The van der Waals surface area contributed by atoms with Crippen LogP contribution >= 0.6 is 0 Å². The van der Waals surface area contributed by atoms with Crippen LogP contribution < -0.4 is 0 Å². The van der Waals surface area contributed by atoms with Crippen LogP contribution in [0.1, 0.15) is 44.9 Å². The second-order valence-corrected chi connectivity index (χ2v) is 5.65. The molecule has 1 aliphatic heterocycles. The van der Waals surface area contributed by atoms with E-state index in [0.717, 1.165) is 51.7 Å². The molecule has 0 spiro atoms. The van der Waals surface area contributed by atoms with E-state index < -0.39 is 0 Å². The predicted octanol–water partition coefficient (Wildman–Crippen LogP) is 1.87. The summed E-state index contributed by atoms with van der Waals surface area (Å²) in [6.45, 7) is 14.1. The average Bonchev–Trinajstić information content (AvgIpc) is 2.93. The van der Waals surface area contributed by atoms with Gasteiger partial charge in [0.1, 0.15) is 0 Å². The molecular formula is C15H28N4O2. The third-order valence-corrected chi connectivity index (χ3v) is 4.28. The number of ether oxygens (including phenoxy) is 1. The topological polar surface area (TPSA) is 54.6 Å². The van der Waals surface area contributed by atoms with Crippen molar-refractivity contribution >= 4 is 0 Å². The van der Waals surface area contributed by atoms with Crippen LogP contribution in [0.5, 0.6) is 0 Å². The van der Waals surface area contributed by atoms with Gasteiger partial charge in [-0.15, -0.1) is 0 Å². The first-order chi connectivity index (χ1) is 10.2. The summed E-state index contributed by atoms with van der Waals surface area (Å²) >= 11 is 0. The Morgan fingerprint density at radius 2 is 2.19 bits per heavy atom. The summed E-state index contributed by atoms with van der Waals surface area (Å²) in [6.07, 6.45) is 1.15. The highest BCUT2D eigenvalue weighted by Gasteiger charge is 2.30. The average molecular weight is 296 g/mol. The van der Waals surface area contributed by atoms with Crippen LogP contribution in [0.15, 0.2) is 4.52 Å². The molecule has 21 heavy (non-hydrogen) atoms. The maximum absolute atomic E-state index is 5.49. The van der Waals surface area contributed by atoms with Gasteiger partial charge >= 0.3 is 0 Å². The highest BCUT2D eigenvalue weighted by Crippen LogP contribution is 2.23. The smallest absolute Gasteiger partial charge is 0.243 e. The van der Waals surface area contributed by atoms with Crippen LogP contribution in [0.4, 0.5) is 0 Å². The fourth-order valence-corrected chi connectivity index (χ4v) is 2.92. The van der Waals surface area contributed by atoms with Gasteiger partial charge in [-0.2, -0.15) is 4.98 Å². The van der Waals surface area contributed by atoms with Gasteiger partial charge in [0.25, 0.3) is 0 Å². The molecule has 2 heterocycles. The monoisotopic (exact) mass is 296 g/mol. The normalized spacial score (nSPS) is 22.6. The zero-order valence-corrected chi connectivity index (χ0v) is 13.7. The highest BCUT2D eigenvalue weighted by molar-refractivity contribution is 4.93. The van der Waals surface area contributed by atoms with Crippen LogP contribution in [0.2, 0.25) is 0 Å². The van der Waals surface area contributed by atoms with E-state index in [9.17, 15) is 0 Å². The molecule has 1 saturated heterocycles. The minimum Gasteiger partial charge on any atom is -0.380 e. The summed E-state index contributed by atoms with van der Waals surface area (Å²) < 4.78 is 10.8. The molecule has 6 nitrogen and oxygen atoms in total. The third kappa shape index (κ3) is 4.25. The van der Waals surface area contributed by atoms with Crippen molar-refractivity contribution in [2.24, 2.45) is 0 Å². The van der Waals surface area contributed by atoms with Gasteiger partial charge in [-0.25, -0.2) is 0 Å². The van der Waals surface area contributed by atoms with Crippen LogP contribution in [0.25, 0.3) is 0 Å². The SMILES string of the molecule is CCOCCN1CCN([C@H](C)c2nc(C)no2)C[C@H]1CC. The van der Waals surface area contributed by atoms with Gasteiger partial charge in [-0.1, -0.05) is 12.1 Å². The molecule has 1 fully saturated rings. The molecule has 0 amide bonds. The number of rotatable bonds is 7. The van der Waals surface area contributed by atoms with Gasteiger partial charge < -0.3 is 9.26 Å². The van der Waals surface area contributed by atoms with E-state index >= 15 is 0 Å². The van der Waals surface area contributed by atoms with Crippen molar-refractivity contribution in [3.8, 4) is 0 Å². The van der Waals surface area contributed by atoms with Gasteiger partial charge in [0.2, 0.25) is 5.89 Å². The number of nitrogens with zero attached hydrogens (tertiary/aromatic N) is 4. The lowest BCUT2D eigenvalue weighted by atomic mass is 10.1. The molecule has 2 atom stereocenters. The summed E-state index contributed by atoms with van der Waals surface area (Å²) in [5.41, 5.74) is 0. The van der Waals surface area contributed by atoms with Gasteiger partial charge in [-0.05, 0) is 27.2 Å². The van der Waals surface area contributed by atoms with Crippen LogP contribution in [0.3, 0.4) is 0 Å². The molecule has 0 bridgehead atoms. The molecule has 0 aromatic carbocycles. The molecule has 1 aromatic rings. The van der Waals surface area contributed by atoms with Crippen LogP contribution in [-0.4, -0.2) is 65.4 Å². The van der Waals surface area contributed by atoms with Crippen molar-refractivity contribution in [3.05, 3.63) is 11.7 Å². The first kappa shape index (κ1) is 16.4. The Labute approximate surface area is 127 Å². The predicted molar refractivity (Wildman–Crippen MR) is 81.2 cm³/mol. The standard InChI is InChI=1S/C15H28N4O2/c1-5-14-11-19(8-7-18(14)9-10-20-6-2)12(3)15-16-13(4)17-21-15/h12,14H,5-11H2,1-4H3/t12-,14-/m1/s1. The molecule has 0 N–H and O–H groups in total. The van der Waals surface area contributed by atoms with Gasteiger partial charge in [0.15, 0.2) is 5.82 Å². The van der Waals surface area contributed by atoms with Crippen LogP contribution in [-0.2, 0) is 4.74 Å². The molecule has 0 unspecified atom stereocenters. The molecule has 0 aliphatic carbocycles. The van der Waals surface area contributed by atoms with Crippen molar-refractivity contribution in [2.75, 3.05) is 39.4 Å². The summed E-state index contributed by atoms with van der Waals surface area (Å²) in [5, 5.41) is 3.90. The van der Waals surface area contributed by atoms with E-state index in [1.807, 2.05) is 13.8 Å². The van der Waals surface area contributed by atoms with Gasteiger partial charge in [-0.3, -0.25) is 9.80 Å². The minimum atomic E-state index is 0.189. The van der Waals surface area contributed by atoms with Crippen molar-refractivity contribution in [1.82, 2.24) is 19.9 Å². The number of hydrogen-bond acceptors (Lipinski definition) is 6. The zero-order chi connectivity index (χ0) is 15.2. The van der Waals surface area contributed by atoms with Crippen molar-refractivity contribution in [3.63, 3.8) is 0 Å². The molecule has 0 saturated carbocycles. The summed E-state index contributed by atoms with van der Waals surface area (Å²) in [6, 6.07) is 0.764. The van der Waals surface area contributed by atoms with E-state index in [-0.39, 0.29) is 6.04 Å². The molecule has 1 aromatic heterocycles. The fourth-order valence-electron chi connectivity index (χ4n) is 2.92. The van der Waals surface area contributed by atoms with E-state index in [2.05, 4.69) is 33.8 Å². The van der Waals surface area contributed by atoms with Crippen molar-refractivity contribution < 1.29 is 9.26 Å². The number of hydrogen-bond donors (Lipinski definition) is 0. The van der Waals surface area contributed by atoms with E-state index in [0.29, 0.717) is 11.9 Å². The second-order valence-electron chi connectivity index (χ2n) is 5.65.